The van der Waals surface area contributed by atoms with Gasteiger partial charge in [-0.2, -0.15) is 0 Å². The van der Waals surface area contributed by atoms with Gasteiger partial charge in [0.05, 0.1) is 19.2 Å². The molecule has 2 aromatic carbocycles. The normalized spacial score (nSPS) is 12.2. The van der Waals surface area contributed by atoms with Gasteiger partial charge in [0.1, 0.15) is 11.6 Å². The van der Waals surface area contributed by atoms with Crippen LogP contribution in [-0.2, 0) is 19.6 Å². The van der Waals surface area contributed by atoms with Crippen molar-refractivity contribution in [3.63, 3.8) is 0 Å². The average Bonchev–Trinajstić information content (AvgIpc) is 3.39. The Kier molecular flexibility index (Phi) is 8.02. The third kappa shape index (κ3) is 6.18. The lowest BCUT2D eigenvalue weighted by atomic mass is 10.1. The van der Waals surface area contributed by atoms with Gasteiger partial charge in [0, 0.05) is 41.9 Å². The van der Waals surface area contributed by atoms with E-state index >= 15 is 0 Å². The number of nitrogens with one attached hydrogen (secondary N) is 1. The highest BCUT2D eigenvalue weighted by Gasteiger charge is 2.26. The van der Waals surface area contributed by atoms with E-state index in [4.69, 9.17) is 4.74 Å². The predicted octanol–water partition coefficient (Wildman–Crippen LogP) is 4.65. The third-order valence-corrected chi connectivity index (χ3v) is 6.62. The van der Waals surface area contributed by atoms with Crippen molar-refractivity contribution in [2.24, 2.45) is 0 Å². The van der Waals surface area contributed by atoms with Gasteiger partial charge in [-0.1, -0.05) is 25.1 Å². The molecule has 0 aliphatic carbocycles. The van der Waals surface area contributed by atoms with Gasteiger partial charge in [-0.3, -0.25) is 14.7 Å². The lowest BCUT2D eigenvalue weighted by Gasteiger charge is -2.30. The second kappa shape index (κ2) is 12.0. The number of hydrogen-bond acceptors (Lipinski definition) is 7. The zero-order chi connectivity index (χ0) is 27.2. The summed E-state index contributed by atoms with van der Waals surface area (Å²) in [5, 5.41) is 13.5. The van der Waals surface area contributed by atoms with Gasteiger partial charge in [-0.05, 0) is 77.4 Å². The number of aromatic amines is 1. The SMILES string of the molecule is CCOc1ccc2[nH]c(=O)c(CN(Cc3cccnc3)[C@@H](CC)c3nnnn3Cc3ccc(F)cc3)cc2c1. The van der Waals surface area contributed by atoms with Gasteiger partial charge in [0.25, 0.3) is 5.56 Å². The smallest absolute Gasteiger partial charge is 0.252 e. The molecule has 0 saturated carbocycles. The zero-order valence-electron chi connectivity index (χ0n) is 21.9. The Balaban J connectivity index is 1.50. The molecule has 1 atom stereocenters. The fourth-order valence-corrected chi connectivity index (χ4v) is 4.75. The maximum Gasteiger partial charge on any atom is 0.252 e. The average molecular weight is 528 g/mol. The molecule has 5 aromatic rings. The molecule has 3 heterocycles. The standard InChI is InChI=1S/C29H30FN7O2/c1-3-27(28-33-34-35-37(28)18-20-7-9-24(30)10-8-20)36(17-21-6-5-13-31-16-21)19-23-14-22-15-25(39-4-2)11-12-26(22)32-29(23)38/h5-16,27H,3-4,17-19H2,1-2H3,(H,32,38)/t27-/m0/s1. The third-order valence-electron chi connectivity index (χ3n) is 6.62. The number of hydrogen-bond donors (Lipinski definition) is 1. The lowest BCUT2D eigenvalue weighted by molar-refractivity contribution is 0.161. The Hall–Kier alpha value is -4.44. The Morgan fingerprint density at radius 1 is 1.05 bits per heavy atom. The van der Waals surface area contributed by atoms with E-state index in [1.165, 1.54) is 12.1 Å². The first-order valence-corrected chi connectivity index (χ1v) is 13.0. The van der Waals surface area contributed by atoms with Gasteiger partial charge in [0.2, 0.25) is 0 Å². The van der Waals surface area contributed by atoms with Crippen LogP contribution in [-0.4, -0.2) is 41.7 Å². The Morgan fingerprint density at radius 2 is 1.90 bits per heavy atom. The van der Waals surface area contributed by atoms with Crippen LogP contribution in [0.5, 0.6) is 5.75 Å². The zero-order valence-corrected chi connectivity index (χ0v) is 21.9. The van der Waals surface area contributed by atoms with Gasteiger partial charge in [0.15, 0.2) is 5.82 Å². The molecule has 0 fully saturated rings. The first kappa shape index (κ1) is 26.2. The molecule has 0 unspecified atom stereocenters. The van der Waals surface area contributed by atoms with Crippen LogP contribution in [0.2, 0.25) is 0 Å². The molecule has 10 heteroatoms. The van der Waals surface area contributed by atoms with Gasteiger partial charge in [-0.25, -0.2) is 9.07 Å². The van der Waals surface area contributed by atoms with E-state index in [-0.39, 0.29) is 17.4 Å². The minimum Gasteiger partial charge on any atom is -0.494 e. The fourth-order valence-electron chi connectivity index (χ4n) is 4.75. The molecule has 39 heavy (non-hydrogen) atoms. The van der Waals surface area contributed by atoms with Crippen LogP contribution in [0.1, 0.15) is 48.8 Å². The molecule has 0 spiro atoms. The van der Waals surface area contributed by atoms with Crippen LogP contribution >= 0.6 is 0 Å². The fraction of sp³-hybridized carbons (Fsp3) is 0.276. The van der Waals surface area contributed by atoms with Crippen LogP contribution in [0.4, 0.5) is 4.39 Å². The first-order chi connectivity index (χ1) is 19.0. The number of fused-ring (bicyclic) bond motifs is 1. The van der Waals surface area contributed by atoms with Crippen molar-refractivity contribution < 1.29 is 9.13 Å². The number of nitrogens with zero attached hydrogens (tertiary/aromatic N) is 6. The maximum absolute atomic E-state index is 13.4. The minimum absolute atomic E-state index is 0.149. The highest BCUT2D eigenvalue weighted by Crippen LogP contribution is 2.27. The summed E-state index contributed by atoms with van der Waals surface area (Å²) in [6, 6.07) is 17.6. The summed E-state index contributed by atoms with van der Waals surface area (Å²) >= 11 is 0. The number of tetrazole rings is 1. The van der Waals surface area contributed by atoms with E-state index < -0.39 is 0 Å². The topological polar surface area (TPSA) is 102 Å². The molecule has 9 nitrogen and oxygen atoms in total. The number of halogens is 1. The predicted molar refractivity (Wildman–Crippen MR) is 146 cm³/mol. The van der Waals surface area contributed by atoms with E-state index in [1.807, 2.05) is 49.5 Å². The van der Waals surface area contributed by atoms with Gasteiger partial charge in [-0.15, -0.1) is 5.10 Å². The maximum atomic E-state index is 13.4. The molecule has 0 radical (unpaired) electrons. The van der Waals surface area contributed by atoms with Crippen molar-refractivity contribution in [2.45, 2.75) is 45.9 Å². The molecular weight excluding hydrogens is 497 g/mol. The molecule has 0 amide bonds. The van der Waals surface area contributed by atoms with E-state index in [2.05, 4.69) is 37.3 Å². The highest BCUT2D eigenvalue weighted by molar-refractivity contribution is 5.80. The monoisotopic (exact) mass is 527 g/mol. The van der Waals surface area contributed by atoms with E-state index in [9.17, 15) is 9.18 Å². The van der Waals surface area contributed by atoms with Crippen molar-refractivity contribution >= 4 is 10.9 Å². The van der Waals surface area contributed by atoms with Crippen molar-refractivity contribution in [3.05, 3.63) is 112 Å². The van der Waals surface area contributed by atoms with E-state index in [0.29, 0.717) is 44.0 Å². The summed E-state index contributed by atoms with van der Waals surface area (Å²) < 4.78 is 20.8. The van der Waals surface area contributed by atoms with Crippen molar-refractivity contribution in [1.29, 1.82) is 0 Å². The van der Waals surface area contributed by atoms with Crippen LogP contribution in [0.3, 0.4) is 0 Å². The first-order valence-electron chi connectivity index (χ1n) is 13.0. The molecule has 1 N–H and O–H groups in total. The Labute approximate surface area is 225 Å². The number of rotatable bonds is 11. The second-order valence-electron chi connectivity index (χ2n) is 9.32. The molecule has 5 rings (SSSR count). The Morgan fingerprint density at radius 3 is 2.64 bits per heavy atom. The highest BCUT2D eigenvalue weighted by atomic mass is 19.1. The summed E-state index contributed by atoms with van der Waals surface area (Å²) in [6.45, 7) is 5.86. The number of aromatic nitrogens is 6. The summed E-state index contributed by atoms with van der Waals surface area (Å²) in [4.78, 5) is 22.6. The van der Waals surface area contributed by atoms with E-state index in [1.54, 1.807) is 23.0 Å². The van der Waals surface area contributed by atoms with Gasteiger partial charge < -0.3 is 9.72 Å². The summed E-state index contributed by atoms with van der Waals surface area (Å²) in [6.07, 6.45) is 4.25. The van der Waals surface area contributed by atoms with Gasteiger partial charge >= 0.3 is 0 Å². The van der Waals surface area contributed by atoms with Crippen LogP contribution in [0, 0.1) is 5.82 Å². The largest absolute Gasteiger partial charge is 0.494 e. The van der Waals surface area contributed by atoms with Crippen molar-refractivity contribution in [2.75, 3.05) is 6.61 Å². The lowest BCUT2D eigenvalue weighted by Crippen LogP contribution is -2.32. The molecule has 200 valence electrons. The number of ether oxygens (including phenoxy) is 1. The minimum atomic E-state index is -0.293. The summed E-state index contributed by atoms with van der Waals surface area (Å²) in [7, 11) is 0. The number of benzene rings is 2. The molecule has 3 aromatic heterocycles. The molecule has 0 aliphatic heterocycles. The summed E-state index contributed by atoms with van der Waals surface area (Å²) in [5.41, 5.74) is 3.11. The van der Waals surface area contributed by atoms with Crippen LogP contribution in [0.15, 0.2) is 77.9 Å². The second-order valence-corrected chi connectivity index (χ2v) is 9.32. The van der Waals surface area contributed by atoms with E-state index in [0.717, 1.165) is 27.8 Å². The summed E-state index contributed by atoms with van der Waals surface area (Å²) in [5.74, 6) is 1.13. The quantitative estimate of drug-likeness (QED) is 0.267. The Bertz CT molecular complexity index is 1590. The number of H-pyrrole nitrogens is 1. The van der Waals surface area contributed by atoms with Crippen molar-refractivity contribution in [1.82, 2.24) is 35.1 Å². The van der Waals surface area contributed by atoms with Crippen LogP contribution < -0.4 is 10.3 Å². The molecule has 0 bridgehead atoms. The van der Waals surface area contributed by atoms with Crippen LogP contribution in [0.25, 0.3) is 10.9 Å². The molecule has 0 aliphatic rings. The molecule has 0 saturated heterocycles. The molecular formula is C29H30FN7O2. The number of pyridine rings is 2. The van der Waals surface area contributed by atoms with Crippen molar-refractivity contribution in [3.8, 4) is 5.75 Å².